The Morgan fingerprint density at radius 1 is 1.00 bits per heavy atom. The predicted molar refractivity (Wildman–Crippen MR) is 117 cm³/mol. The molecule has 2 aromatic carbocycles. The van der Waals surface area contributed by atoms with Crippen molar-refractivity contribution in [2.24, 2.45) is 0 Å². The Balaban J connectivity index is 1.25. The van der Waals surface area contributed by atoms with E-state index in [1.807, 2.05) is 53.4 Å². The molecule has 1 aliphatic rings. The molecular weight excluding hydrogens is 378 g/mol. The predicted octanol–water partition coefficient (Wildman–Crippen LogP) is 3.14. The fraction of sp³-hybridized carbons (Fsp3) is 0.333. The first-order valence-electron chi connectivity index (χ1n) is 10.4. The number of rotatable bonds is 7. The SMILES string of the molecule is COc1ccc(CCC(=O)N2CCN(CC(=O)c3c[nH]c4ccccc34)CC2)cc1. The second-order valence-corrected chi connectivity index (χ2v) is 7.68. The molecular formula is C24H27N3O3. The molecule has 0 unspecified atom stereocenters. The molecule has 1 amide bonds. The molecule has 4 rings (SSSR count). The van der Waals surface area contributed by atoms with Crippen LogP contribution in [0.15, 0.2) is 54.7 Å². The third-order valence-corrected chi connectivity index (χ3v) is 5.77. The number of Topliss-reactive ketones (excluding diaryl/α,β-unsaturated/α-hetero) is 1. The van der Waals surface area contributed by atoms with Crippen molar-refractivity contribution < 1.29 is 14.3 Å². The zero-order valence-corrected chi connectivity index (χ0v) is 17.3. The van der Waals surface area contributed by atoms with E-state index in [2.05, 4.69) is 9.88 Å². The molecule has 0 spiro atoms. The minimum atomic E-state index is 0.117. The number of para-hydroxylation sites is 1. The van der Waals surface area contributed by atoms with Crippen molar-refractivity contribution in [3.63, 3.8) is 0 Å². The number of fused-ring (bicyclic) bond motifs is 1. The van der Waals surface area contributed by atoms with Crippen molar-refractivity contribution in [3.8, 4) is 5.75 Å². The molecule has 1 fully saturated rings. The van der Waals surface area contributed by atoms with Crippen LogP contribution in [-0.2, 0) is 11.2 Å². The Kier molecular flexibility index (Phi) is 6.14. The summed E-state index contributed by atoms with van der Waals surface area (Å²) in [6.07, 6.45) is 3.02. The normalized spacial score (nSPS) is 14.8. The molecule has 0 aliphatic carbocycles. The van der Waals surface area contributed by atoms with E-state index in [0.29, 0.717) is 26.1 Å². The van der Waals surface area contributed by atoms with Gasteiger partial charge in [-0.25, -0.2) is 0 Å². The molecule has 6 heteroatoms. The van der Waals surface area contributed by atoms with Crippen LogP contribution in [0.5, 0.6) is 5.75 Å². The lowest BCUT2D eigenvalue weighted by atomic mass is 10.1. The minimum Gasteiger partial charge on any atom is -0.497 e. The van der Waals surface area contributed by atoms with Crippen molar-refractivity contribution in [3.05, 3.63) is 65.9 Å². The lowest BCUT2D eigenvalue weighted by molar-refractivity contribution is -0.132. The van der Waals surface area contributed by atoms with Gasteiger partial charge >= 0.3 is 0 Å². The number of nitrogens with one attached hydrogen (secondary N) is 1. The number of aromatic nitrogens is 1. The summed E-state index contributed by atoms with van der Waals surface area (Å²) in [6, 6.07) is 15.7. The summed E-state index contributed by atoms with van der Waals surface area (Å²) >= 11 is 0. The number of aromatic amines is 1. The van der Waals surface area contributed by atoms with Crippen molar-refractivity contribution in [2.45, 2.75) is 12.8 Å². The maximum atomic E-state index is 12.8. The van der Waals surface area contributed by atoms with Gasteiger partial charge in [-0.05, 0) is 30.2 Å². The van der Waals surface area contributed by atoms with Crippen LogP contribution in [-0.4, -0.2) is 66.3 Å². The van der Waals surface area contributed by atoms with Gasteiger partial charge in [0.25, 0.3) is 0 Å². The number of carbonyl (C=O) groups excluding carboxylic acids is 2. The van der Waals surface area contributed by atoms with Crippen LogP contribution < -0.4 is 4.74 Å². The molecule has 0 radical (unpaired) electrons. The third-order valence-electron chi connectivity index (χ3n) is 5.77. The first-order chi connectivity index (χ1) is 14.6. The van der Waals surface area contributed by atoms with Crippen LogP contribution >= 0.6 is 0 Å². The number of hydrogen-bond donors (Lipinski definition) is 1. The van der Waals surface area contributed by atoms with Crippen LogP contribution in [0.25, 0.3) is 10.9 Å². The molecule has 1 saturated heterocycles. The van der Waals surface area contributed by atoms with Gasteiger partial charge in [0.1, 0.15) is 5.75 Å². The second-order valence-electron chi connectivity index (χ2n) is 7.68. The summed E-state index contributed by atoms with van der Waals surface area (Å²) < 4.78 is 5.17. The molecule has 6 nitrogen and oxygen atoms in total. The summed E-state index contributed by atoms with van der Waals surface area (Å²) in [4.78, 5) is 32.5. The highest BCUT2D eigenvalue weighted by atomic mass is 16.5. The molecule has 30 heavy (non-hydrogen) atoms. The van der Waals surface area contributed by atoms with Crippen molar-refractivity contribution in [1.29, 1.82) is 0 Å². The molecule has 0 bridgehead atoms. The number of ketones is 1. The Bertz CT molecular complexity index is 1020. The molecule has 2 heterocycles. The quantitative estimate of drug-likeness (QED) is 0.614. The number of H-pyrrole nitrogens is 1. The Morgan fingerprint density at radius 3 is 2.47 bits per heavy atom. The Hall–Kier alpha value is -3.12. The molecule has 1 aromatic heterocycles. The van der Waals surface area contributed by atoms with Gasteiger partial charge in [0.2, 0.25) is 5.91 Å². The Labute approximate surface area is 176 Å². The zero-order valence-electron chi connectivity index (χ0n) is 17.3. The van der Waals surface area contributed by atoms with Gasteiger partial charge in [0, 0.05) is 55.3 Å². The van der Waals surface area contributed by atoms with Gasteiger partial charge in [-0.2, -0.15) is 0 Å². The lowest BCUT2D eigenvalue weighted by Gasteiger charge is -2.34. The molecule has 3 aromatic rings. The maximum absolute atomic E-state index is 12.8. The molecule has 0 saturated carbocycles. The van der Waals surface area contributed by atoms with E-state index < -0.39 is 0 Å². The Morgan fingerprint density at radius 2 is 1.73 bits per heavy atom. The lowest BCUT2D eigenvalue weighted by Crippen LogP contribution is -2.49. The van der Waals surface area contributed by atoms with Gasteiger partial charge in [0.15, 0.2) is 5.78 Å². The average Bonchev–Trinajstić information content (AvgIpc) is 3.23. The number of ether oxygens (including phenoxy) is 1. The number of piperazine rings is 1. The highest BCUT2D eigenvalue weighted by Gasteiger charge is 2.23. The summed E-state index contributed by atoms with van der Waals surface area (Å²) in [5.41, 5.74) is 2.85. The van der Waals surface area contributed by atoms with Gasteiger partial charge < -0.3 is 14.6 Å². The number of hydrogen-bond acceptors (Lipinski definition) is 4. The highest BCUT2D eigenvalue weighted by Crippen LogP contribution is 2.19. The first kappa shape index (κ1) is 20.2. The smallest absolute Gasteiger partial charge is 0.222 e. The maximum Gasteiger partial charge on any atom is 0.222 e. The van der Waals surface area contributed by atoms with E-state index in [-0.39, 0.29) is 11.7 Å². The standard InChI is InChI=1S/C24H27N3O3/c1-30-19-9-6-18(7-10-19)8-11-24(29)27-14-12-26(13-15-27)17-23(28)21-16-25-22-5-3-2-4-20(21)22/h2-7,9-10,16,25H,8,11-15,17H2,1H3. The average molecular weight is 405 g/mol. The van der Waals surface area contributed by atoms with E-state index in [9.17, 15) is 9.59 Å². The van der Waals surface area contributed by atoms with Gasteiger partial charge in [-0.15, -0.1) is 0 Å². The van der Waals surface area contributed by atoms with E-state index in [1.54, 1.807) is 13.3 Å². The number of carbonyl (C=O) groups is 2. The minimum absolute atomic E-state index is 0.117. The van der Waals surface area contributed by atoms with Crippen molar-refractivity contribution in [2.75, 3.05) is 39.8 Å². The topological polar surface area (TPSA) is 65.6 Å². The van der Waals surface area contributed by atoms with E-state index in [1.165, 1.54) is 0 Å². The van der Waals surface area contributed by atoms with Gasteiger partial charge in [-0.1, -0.05) is 30.3 Å². The third kappa shape index (κ3) is 4.54. The van der Waals surface area contributed by atoms with E-state index >= 15 is 0 Å². The second kappa shape index (κ2) is 9.13. The summed E-state index contributed by atoms with van der Waals surface area (Å²) in [7, 11) is 1.65. The number of nitrogens with zero attached hydrogens (tertiary/aromatic N) is 2. The van der Waals surface area contributed by atoms with Crippen LogP contribution in [0.3, 0.4) is 0 Å². The summed E-state index contributed by atoms with van der Waals surface area (Å²) in [6.45, 7) is 3.17. The molecule has 1 aliphatic heterocycles. The molecule has 1 N–H and O–H groups in total. The largest absolute Gasteiger partial charge is 0.497 e. The highest BCUT2D eigenvalue weighted by molar-refractivity contribution is 6.08. The number of benzene rings is 2. The monoisotopic (exact) mass is 405 g/mol. The van der Waals surface area contributed by atoms with Crippen LogP contribution in [0, 0.1) is 0 Å². The fourth-order valence-electron chi connectivity index (χ4n) is 3.95. The molecule has 0 atom stereocenters. The van der Waals surface area contributed by atoms with Crippen LogP contribution in [0.4, 0.5) is 0 Å². The number of methoxy groups -OCH3 is 1. The fourth-order valence-corrected chi connectivity index (χ4v) is 3.95. The zero-order chi connectivity index (χ0) is 20.9. The van der Waals surface area contributed by atoms with Crippen LogP contribution in [0.1, 0.15) is 22.3 Å². The van der Waals surface area contributed by atoms with E-state index in [0.717, 1.165) is 47.3 Å². The van der Waals surface area contributed by atoms with Crippen LogP contribution in [0.2, 0.25) is 0 Å². The van der Waals surface area contributed by atoms with Gasteiger partial charge in [0.05, 0.1) is 13.7 Å². The van der Waals surface area contributed by atoms with Crippen molar-refractivity contribution >= 4 is 22.6 Å². The number of aryl methyl sites for hydroxylation is 1. The summed E-state index contributed by atoms with van der Waals surface area (Å²) in [5, 5.41) is 0.967. The van der Waals surface area contributed by atoms with Crippen molar-refractivity contribution in [1.82, 2.24) is 14.8 Å². The van der Waals surface area contributed by atoms with Gasteiger partial charge in [-0.3, -0.25) is 14.5 Å². The first-order valence-corrected chi connectivity index (χ1v) is 10.4. The molecule has 156 valence electrons. The summed E-state index contributed by atoms with van der Waals surface area (Å²) in [5.74, 6) is 1.11. The van der Waals surface area contributed by atoms with E-state index in [4.69, 9.17) is 4.74 Å². The number of amides is 1.